The minimum absolute atomic E-state index is 0.0764. The van der Waals surface area contributed by atoms with Gasteiger partial charge in [0.25, 0.3) is 5.91 Å². The van der Waals surface area contributed by atoms with Gasteiger partial charge in [0.15, 0.2) is 34.4 Å². The third-order valence-electron chi connectivity index (χ3n) is 6.55. The molecule has 208 valence electrons. The summed E-state index contributed by atoms with van der Waals surface area (Å²) in [5.74, 6) is -0.640. The van der Waals surface area contributed by atoms with Crippen molar-refractivity contribution in [3.63, 3.8) is 0 Å². The zero-order chi connectivity index (χ0) is 28.4. The fourth-order valence-corrected chi connectivity index (χ4v) is 4.98. The summed E-state index contributed by atoms with van der Waals surface area (Å²) in [6, 6.07) is 7.09. The van der Waals surface area contributed by atoms with Crippen LogP contribution < -0.4 is 18.9 Å². The van der Waals surface area contributed by atoms with Gasteiger partial charge in [-0.2, -0.15) is 0 Å². The highest BCUT2D eigenvalue weighted by Crippen LogP contribution is 2.46. The Labute approximate surface area is 231 Å². The molecule has 11 heteroatoms. The van der Waals surface area contributed by atoms with E-state index in [9.17, 15) is 14.7 Å². The quantitative estimate of drug-likeness (QED) is 0.336. The maximum absolute atomic E-state index is 13.9. The highest BCUT2D eigenvalue weighted by Gasteiger charge is 2.45. The molecule has 2 heterocycles. The van der Waals surface area contributed by atoms with Crippen LogP contribution in [0, 0.1) is 0 Å². The maximum Gasteiger partial charge on any atom is 0.290 e. The van der Waals surface area contributed by atoms with Crippen LogP contribution in [0.5, 0.6) is 23.0 Å². The monoisotopic (exact) mass is 558 g/mol. The second-order valence-corrected chi connectivity index (χ2v) is 9.68. The van der Waals surface area contributed by atoms with Crippen molar-refractivity contribution in [2.75, 3.05) is 55.6 Å². The molecule has 3 aromatic rings. The number of halogens is 1. The molecule has 1 amide bonds. The molecular weight excluding hydrogens is 528 g/mol. The number of nitrogens with zero attached hydrogens (tertiary/aromatic N) is 2. The number of hydrogen-bond acceptors (Lipinski definition) is 9. The lowest BCUT2D eigenvalue weighted by atomic mass is 9.94. The van der Waals surface area contributed by atoms with Crippen LogP contribution in [0.3, 0.4) is 0 Å². The van der Waals surface area contributed by atoms with E-state index in [1.807, 2.05) is 19.0 Å². The number of fused-ring (bicyclic) bond motifs is 1. The SMILES string of the molecule is COc1cc(C2C(C(=O)c3cc4cc(Cl)cc(OC)c4o3)=C(O)C(=O)N2CCCN(C)C)cc(OC)c1OC. The summed E-state index contributed by atoms with van der Waals surface area (Å²) in [5.41, 5.74) is 0.692. The Morgan fingerprint density at radius 3 is 2.21 bits per heavy atom. The molecule has 2 aromatic carbocycles. The molecule has 0 fully saturated rings. The second-order valence-electron chi connectivity index (χ2n) is 9.25. The van der Waals surface area contributed by atoms with Crippen LogP contribution in [0.25, 0.3) is 11.0 Å². The van der Waals surface area contributed by atoms with Gasteiger partial charge in [-0.25, -0.2) is 0 Å². The summed E-state index contributed by atoms with van der Waals surface area (Å²) in [6.07, 6.45) is 0.606. The fourth-order valence-electron chi connectivity index (χ4n) is 4.76. The summed E-state index contributed by atoms with van der Waals surface area (Å²) in [5, 5.41) is 12.0. The largest absolute Gasteiger partial charge is 0.503 e. The van der Waals surface area contributed by atoms with E-state index in [2.05, 4.69) is 0 Å². The van der Waals surface area contributed by atoms with Crippen LogP contribution in [0.2, 0.25) is 5.02 Å². The highest BCUT2D eigenvalue weighted by atomic mass is 35.5. The van der Waals surface area contributed by atoms with Gasteiger partial charge in [-0.05, 0) is 56.9 Å². The number of amides is 1. The smallest absolute Gasteiger partial charge is 0.290 e. The first kappa shape index (κ1) is 28.1. The topological polar surface area (TPSA) is 111 Å². The molecule has 0 aliphatic carbocycles. The summed E-state index contributed by atoms with van der Waals surface area (Å²) >= 11 is 6.19. The molecule has 1 unspecified atom stereocenters. The van der Waals surface area contributed by atoms with E-state index >= 15 is 0 Å². The number of rotatable bonds is 11. The number of Topliss-reactive ketones (excluding diaryl/α,β-unsaturated/α-hetero) is 1. The second kappa shape index (κ2) is 11.5. The number of methoxy groups -OCH3 is 4. The standard InChI is InChI=1S/C28H31ClN2O8/c1-30(2)8-7-9-31-23(15-11-19(35-3)27(38-6)20(12-15)36-4)22(25(33)28(31)34)24(32)18-13-16-10-17(29)14-21(37-5)26(16)39-18/h10-14,23,33H,7-9H2,1-6H3. The van der Waals surface area contributed by atoms with Crippen LogP contribution in [0.15, 0.2) is 46.1 Å². The van der Waals surface area contributed by atoms with Gasteiger partial charge in [-0.3, -0.25) is 9.59 Å². The predicted molar refractivity (Wildman–Crippen MR) is 145 cm³/mol. The Morgan fingerprint density at radius 2 is 1.64 bits per heavy atom. The minimum Gasteiger partial charge on any atom is -0.503 e. The number of benzene rings is 2. The Kier molecular flexibility index (Phi) is 8.27. The zero-order valence-electron chi connectivity index (χ0n) is 22.7. The lowest BCUT2D eigenvalue weighted by Crippen LogP contribution is -2.33. The van der Waals surface area contributed by atoms with Crippen LogP contribution >= 0.6 is 11.6 Å². The number of aliphatic hydroxyl groups is 1. The van der Waals surface area contributed by atoms with Gasteiger partial charge in [0, 0.05) is 23.0 Å². The van der Waals surface area contributed by atoms with Gasteiger partial charge < -0.3 is 38.3 Å². The van der Waals surface area contributed by atoms with E-state index in [1.165, 1.54) is 39.4 Å². The summed E-state index contributed by atoms with van der Waals surface area (Å²) in [7, 11) is 9.75. The summed E-state index contributed by atoms with van der Waals surface area (Å²) in [6.45, 7) is 0.975. The van der Waals surface area contributed by atoms with Gasteiger partial charge in [0.05, 0.1) is 40.1 Å². The predicted octanol–water partition coefficient (Wildman–Crippen LogP) is 4.65. The van der Waals surface area contributed by atoms with Crippen molar-refractivity contribution in [3.8, 4) is 23.0 Å². The average Bonchev–Trinajstić information content (AvgIpc) is 3.45. The molecule has 1 aliphatic heterocycles. The molecule has 39 heavy (non-hydrogen) atoms. The fraction of sp³-hybridized carbons (Fsp3) is 0.357. The Hall–Kier alpha value is -3.89. The lowest BCUT2D eigenvalue weighted by molar-refractivity contribution is -0.129. The third-order valence-corrected chi connectivity index (χ3v) is 6.76. The van der Waals surface area contributed by atoms with E-state index in [0.29, 0.717) is 57.5 Å². The van der Waals surface area contributed by atoms with E-state index < -0.39 is 23.5 Å². The number of furan rings is 1. The van der Waals surface area contributed by atoms with E-state index in [-0.39, 0.29) is 17.9 Å². The summed E-state index contributed by atoms with van der Waals surface area (Å²) < 4.78 is 27.7. The van der Waals surface area contributed by atoms with E-state index in [4.69, 9.17) is 35.0 Å². The number of ketones is 1. The molecule has 1 N–H and O–H groups in total. The normalized spacial score (nSPS) is 15.4. The molecule has 1 atom stereocenters. The van der Waals surface area contributed by atoms with Crippen LogP contribution in [0.1, 0.15) is 28.6 Å². The number of carbonyl (C=O) groups is 2. The Bertz CT molecular complexity index is 1420. The first-order valence-corrected chi connectivity index (χ1v) is 12.5. The van der Waals surface area contributed by atoms with Crippen molar-refractivity contribution < 1.29 is 38.1 Å². The van der Waals surface area contributed by atoms with Gasteiger partial charge in [0.2, 0.25) is 11.5 Å². The first-order chi connectivity index (χ1) is 18.6. The van der Waals surface area contributed by atoms with Gasteiger partial charge in [-0.15, -0.1) is 0 Å². The van der Waals surface area contributed by atoms with Crippen LogP contribution in [-0.2, 0) is 4.79 Å². The molecule has 0 saturated carbocycles. The van der Waals surface area contributed by atoms with Crippen molar-refractivity contribution in [2.24, 2.45) is 0 Å². The molecule has 1 aliphatic rings. The minimum atomic E-state index is -0.945. The molecule has 1 aromatic heterocycles. The average molecular weight is 559 g/mol. The van der Waals surface area contributed by atoms with Crippen molar-refractivity contribution in [1.29, 1.82) is 0 Å². The van der Waals surface area contributed by atoms with Crippen LogP contribution in [-0.4, -0.2) is 82.2 Å². The Morgan fingerprint density at radius 1 is 1.00 bits per heavy atom. The molecule has 4 rings (SSSR count). The van der Waals surface area contributed by atoms with Crippen molar-refractivity contribution >= 4 is 34.3 Å². The molecule has 0 spiro atoms. The van der Waals surface area contributed by atoms with Gasteiger partial charge in [0.1, 0.15) is 0 Å². The van der Waals surface area contributed by atoms with E-state index in [1.54, 1.807) is 24.3 Å². The number of hydrogen-bond donors (Lipinski definition) is 1. The van der Waals surface area contributed by atoms with Crippen molar-refractivity contribution in [1.82, 2.24) is 9.80 Å². The molecule has 0 radical (unpaired) electrons. The maximum atomic E-state index is 13.9. The van der Waals surface area contributed by atoms with Crippen LogP contribution in [0.4, 0.5) is 0 Å². The molecule has 0 bridgehead atoms. The van der Waals surface area contributed by atoms with Crippen molar-refractivity contribution in [2.45, 2.75) is 12.5 Å². The number of aliphatic hydroxyl groups excluding tert-OH is 1. The summed E-state index contributed by atoms with van der Waals surface area (Å²) in [4.78, 5) is 30.8. The number of carbonyl (C=O) groups excluding carboxylic acids is 2. The first-order valence-electron chi connectivity index (χ1n) is 12.2. The highest BCUT2D eigenvalue weighted by molar-refractivity contribution is 6.31. The van der Waals surface area contributed by atoms with Gasteiger partial charge >= 0.3 is 0 Å². The van der Waals surface area contributed by atoms with E-state index in [0.717, 1.165) is 0 Å². The van der Waals surface area contributed by atoms with Gasteiger partial charge in [-0.1, -0.05) is 11.6 Å². The van der Waals surface area contributed by atoms with Crippen molar-refractivity contribution in [3.05, 3.63) is 58.0 Å². The lowest BCUT2D eigenvalue weighted by Gasteiger charge is -2.28. The number of ether oxygens (including phenoxy) is 4. The molecule has 10 nitrogen and oxygen atoms in total. The third kappa shape index (κ3) is 5.22. The molecule has 0 saturated heterocycles. The zero-order valence-corrected chi connectivity index (χ0v) is 23.4. The molecular formula is C28H31ClN2O8. The Balaban J connectivity index is 1.86.